The van der Waals surface area contributed by atoms with E-state index in [1.165, 1.54) is 12.1 Å². The molecule has 0 fully saturated rings. The molecule has 0 saturated carbocycles. The van der Waals surface area contributed by atoms with Crippen LogP contribution in [0.3, 0.4) is 0 Å². The van der Waals surface area contributed by atoms with Crippen molar-refractivity contribution >= 4 is 5.97 Å². The molecule has 0 aliphatic carbocycles. The monoisotopic (exact) mass is 269 g/mol. The first-order valence-electron chi connectivity index (χ1n) is 6.17. The molecule has 0 aromatic heterocycles. The number of carboxylic acid groups (broad SMARTS) is 1. The molecule has 1 unspecified atom stereocenters. The summed E-state index contributed by atoms with van der Waals surface area (Å²) in [5.74, 6) is -0.837. The number of ether oxygens (including phenoxy) is 1. The summed E-state index contributed by atoms with van der Waals surface area (Å²) in [4.78, 5) is 12.7. The topological polar surface area (TPSA) is 49.8 Å². The van der Waals surface area contributed by atoms with Gasteiger partial charge in [-0.25, -0.2) is 4.39 Å². The van der Waals surface area contributed by atoms with Crippen molar-refractivity contribution in [2.45, 2.75) is 19.9 Å². The third-order valence-electron chi connectivity index (χ3n) is 3.05. The quantitative estimate of drug-likeness (QED) is 0.825. The fourth-order valence-corrected chi connectivity index (χ4v) is 1.78. The van der Waals surface area contributed by atoms with Crippen LogP contribution in [0, 0.1) is 11.7 Å². The van der Waals surface area contributed by atoms with Gasteiger partial charge >= 0.3 is 5.97 Å². The molecule has 0 bridgehead atoms. The highest BCUT2D eigenvalue weighted by molar-refractivity contribution is 5.69. The van der Waals surface area contributed by atoms with Gasteiger partial charge in [-0.05, 0) is 38.2 Å². The van der Waals surface area contributed by atoms with Crippen LogP contribution in [0.2, 0.25) is 0 Å². The van der Waals surface area contributed by atoms with E-state index >= 15 is 0 Å². The molecule has 0 aliphatic rings. The molecule has 4 nitrogen and oxygen atoms in total. The first-order chi connectivity index (χ1) is 8.93. The van der Waals surface area contributed by atoms with Gasteiger partial charge in [-0.3, -0.25) is 4.79 Å². The Morgan fingerprint density at radius 1 is 1.53 bits per heavy atom. The summed E-state index contributed by atoms with van der Waals surface area (Å²) in [6.45, 7) is 2.83. The van der Waals surface area contributed by atoms with Crippen molar-refractivity contribution in [3.8, 4) is 5.75 Å². The number of nitrogens with zero attached hydrogens (tertiary/aromatic N) is 1. The van der Waals surface area contributed by atoms with Gasteiger partial charge in [-0.2, -0.15) is 0 Å². The molecular formula is C14H20FNO3. The first kappa shape index (κ1) is 15.4. The van der Waals surface area contributed by atoms with Crippen LogP contribution in [0.4, 0.5) is 4.39 Å². The molecule has 0 spiro atoms. The highest BCUT2D eigenvalue weighted by atomic mass is 19.1. The number of hydrogen-bond acceptors (Lipinski definition) is 3. The summed E-state index contributed by atoms with van der Waals surface area (Å²) in [5.41, 5.74) is 0.757. The van der Waals surface area contributed by atoms with Crippen LogP contribution in [-0.2, 0) is 11.3 Å². The second-order valence-electron chi connectivity index (χ2n) is 4.72. The van der Waals surface area contributed by atoms with Crippen molar-refractivity contribution < 1.29 is 19.0 Å². The highest BCUT2D eigenvalue weighted by Gasteiger charge is 2.13. The molecule has 0 heterocycles. The largest absolute Gasteiger partial charge is 0.496 e. The average Bonchev–Trinajstić information content (AvgIpc) is 2.36. The van der Waals surface area contributed by atoms with Crippen molar-refractivity contribution in [2.75, 3.05) is 20.7 Å². The Balaban J connectivity index is 2.59. The van der Waals surface area contributed by atoms with E-state index in [9.17, 15) is 9.18 Å². The zero-order chi connectivity index (χ0) is 14.4. The Hall–Kier alpha value is -1.62. The van der Waals surface area contributed by atoms with Gasteiger partial charge in [0.15, 0.2) is 0 Å². The molecule has 0 aliphatic heterocycles. The van der Waals surface area contributed by atoms with Crippen LogP contribution in [0.5, 0.6) is 5.75 Å². The van der Waals surface area contributed by atoms with E-state index in [2.05, 4.69) is 0 Å². The Bertz CT molecular complexity index is 437. The van der Waals surface area contributed by atoms with Crippen molar-refractivity contribution in [1.82, 2.24) is 4.90 Å². The normalized spacial score (nSPS) is 12.5. The Morgan fingerprint density at radius 2 is 2.21 bits per heavy atom. The molecule has 1 atom stereocenters. The predicted molar refractivity (Wildman–Crippen MR) is 70.7 cm³/mol. The number of hydrogen-bond donors (Lipinski definition) is 1. The van der Waals surface area contributed by atoms with Gasteiger partial charge in [0, 0.05) is 12.1 Å². The van der Waals surface area contributed by atoms with Gasteiger partial charge in [-0.1, -0.05) is 6.92 Å². The van der Waals surface area contributed by atoms with Crippen LogP contribution in [0.25, 0.3) is 0 Å². The minimum Gasteiger partial charge on any atom is -0.496 e. The first-order valence-corrected chi connectivity index (χ1v) is 6.17. The molecule has 1 N–H and O–H groups in total. The molecule has 0 amide bonds. The van der Waals surface area contributed by atoms with Crippen molar-refractivity contribution in [1.29, 1.82) is 0 Å². The van der Waals surface area contributed by atoms with Crippen molar-refractivity contribution in [3.05, 3.63) is 29.6 Å². The van der Waals surface area contributed by atoms with Gasteiger partial charge in [0.05, 0.1) is 13.0 Å². The number of aliphatic carboxylic acids is 1. The zero-order valence-electron chi connectivity index (χ0n) is 11.5. The molecule has 1 aromatic carbocycles. The molecule has 0 radical (unpaired) electrons. The van der Waals surface area contributed by atoms with E-state index < -0.39 is 5.97 Å². The maximum absolute atomic E-state index is 13.2. The minimum absolute atomic E-state index is 0.303. The minimum atomic E-state index is -0.795. The van der Waals surface area contributed by atoms with Crippen LogP contribution < -0.4 is 4.74 Å². The molecule has 106 valence electrons. The Labute approximate surface area is 112 Å². The van der Waals surface area contributed by atoms with E-state index in [0.29, 0.717) is 25.3 Å². The van der Waals surface area contributed by atoms with Crippen molar-refractivity contribution in [2.24, 2.45) is 5.92 Å². The zero-order valence-corrected chi connectivity index (χ0v) is 11.5. The van der Waals surface area contributed by atoms with Crippen LogP contribution in [0.15, 0.2) is 18.2 Å². The summed E-state index contributed by atoms with van der Waals surface area (Å²) in [6.07, 6.45) is 0.559. The van der Waals surface area contributed by atoms with E-state index in [0.717, 1.165) is 5.56 Å². The average molecular weight is 269 g/mol. The van der Waals surface area contributed by atoms with Gasteiger partial charge in [0.2, 0.25) is 0 Å². The Kier molecular flexibility index (Phi) is 5.76. The van der Waals surface area contributed by atoms with E-state index in [4.69, 9.17) is 9.84 Å². The van der Waals surface area contributed by atoms with E-state index in [-0.39, 0.29) is 11.7 Å². The van der Waals surface area contributed by atoms with Crippen LogP contribution in [0.1, 0.15) is 18.9 Å². The lowest BCUT2D eigenvalue weighted by atomic mass is 10.1. The maximum Gasteiger partial charge on any atom is 0.306 e. The van der Waals surface area contributed by atoms with Crippen LogP contribution >= 0.6 is 0 Å². The lowest BCUT2D eigenvalue weighted by Crippen LogP contribution is -2.23. The van der Waals surface area contributed by atoms with Gasteiger partial charge < -0.3 is 14.7 Å². The summed E-state index contributed by atoms with van der Waals surface area (Å²) < 4.78 is 18.4. The summed E-state index contributed by atoms with van der Waals surface area (Å²) >= 11 is 0. The fourth-order valence-electron chi connectivity index (χ4n) is 1.78. The standard InChI is InChI=1S/C14H20FNO3/c1-10(14(17)18)6-7-16(2)9-11-8-12(15)4-5-13(11)19-3/h4-5,8,10H,6-7,9H2,1-3H3,(H,17,18). The second-order valence-corrected chi connectivity index (χ2v) is 4.72. The molecule has 0 saturated heterocycles. The van der Waals surface area contributed by atoms with Gasteiger partial charge in [0.1, 0.15) is 11.6 Å². The lowest BCUT2D eigenvalue weighted by molar-refractivity contribution is -0.141. The summed E-state index contributed by atoms with van der Waals surface area (Å²) in [5, 5.41) is 8.82. The lowest BCUT2D eigenvalue weighted by Gasteiger charge is -2.19. The summed E-state index contributed by atoms with van der Waals surface area (Å²) in [6, 6.07) is 4.39. The molecular weight excluding hydrogens is 249 g/mol. The van der Waals surface area contributed by atoms with Gasteiger partial charge in [0.25, 0.3) is 0 Å². The molecule has 1 aromatic rings. The highest BCUT2D eigenvalue weighted by Crippen LogP contribution is 2.20. The number of benzene rings is 1. The number of carbonyl (C=O) groups is 1. The fraction of sp³-hybridized carbons (Fsp3) is 0.500. The third kappa shape index (κ3) is 4.87. The van der Waals surface area contributed by atoms with Crippen LogP contribution in [-0.4, -0.2) is 36.7 Å². The van der Waals surface area contributed by atoms with E-state index in [1.54, 1.807) is 20.1 Å². The summed E-state index contributed by atoms with van der Waals surface area (Å²) in [7, 11) is 3.42. The molecule has 5 heteroatoms. The van der Waals surface area contributed by atoms with E-state index in [1.807, 2.05) is 11.9 Å². The van der Waals surface area contributed by atoms with Gasteiger partial charge in [-0.15, -0.1) is 0 Å². The smallest absolute Gasteiger partial charge is 0.306 e. The number of carboxylic acids is 1. The SMILES string of the molecule is COc1ccc(F)cc1CN(C)CCC(C)C(=O)O. The second kappa shape index (κ2) is 7.09. The van der Waals surface area contributed by atoms with Crippen molar-refractivity contribution in [3.63, 3.8) is 0 Å². The number of methoxy groups -OCH3 is 1. The molecule has 1 rings (SSSR count). The predicted octanol–water partition coefficient (Wildman–Crippen LogP) is 2.38. The number of rotatable bonds is 7. The number of halogens is 1. The molecule has 19 heavy (non-hydrogen) atoms. The third-order valence-corrected chi connectivity index (χ3v) is 3.05. The maximum atomic E-state index is 13.2. The Morgan fingerprint density at radius 3 is 2.79 bits per heavy atom.